The lowest BCUT2D eigenvalue weighted by Crippen LogP contribution is -2.33. The molecule has 0 saturated carbocycles. The molecule has 1 aromatic rings. The van der Waals surface area contributed by atoms with Gasteiger partial charge in [0.25, 0.3) is 0 Å². The Labute approximate surface area is 120 Å². The maximum atomic E-state index is 6.08. The largest absolute Gasteiger partial charge is 0.487 e. The second-order valence-corrected chi connectivity index (χ2v) is 6.73. The molecule has 3 heteroatoms. The molecule has 0 aromatic heterocycles. The highest BCUT2D eigenvalue weighted by Gasteiger charge is 2.23. The Kier molecular flexibility index (Phi) is 5.82. The summed E-state index contributed by atoms with van der Waals surface area (Å²) >= 11 is 0. The summed E-state index contributed by atoms with van der Waals surface area (Å²) in [5, 5.41) is 1.09. The number of para-hydroxylation sites is 1. The van der Waals surface area contributed by atoms with Crippen molar-refractivity contribution in [3.8, 4) is 5.75 Å². The average Bonchev–Trinajstić information content (AvgIpc) is 2.31. The van der Waals surface area contributed by atoms with Gasteiger partial charge in [-0.2, -0.15) is 0 Å². The van der Waals surface area contributed by atoms with Gasteiger partial charge in [-0.3, -0.25) is 0 Å². The van der Waals surface area contributed by atoms with Crippen molar-refractivity contribution >= 4 is 14.5 Å². The summed E-state index contributed by atoms with van der Waals surface area (Å²) in [6.45, 7) is 11.3. The van der Waals surface area contributed by atoms with E-state index >= 15 is 0 Å². The molecule has 1 aromatic carbocycles. The van der Waals surface area contributed by atoms with Crippen molar-refractivity contribution in [2.75, 3.05) is 6.61 Å². The van der Waals surface area contributed by atoms with E-state index in [1.54, 1.807) is 0 Å². The first-order chi connectivity index (χ1) is 8.76. The van der Waals surface area contributed by atoms with Crippen molar-refractivity contribution in [2.24, 2.45) is 0 Å². The minimum Gasteiger partial charge on any atom is -0.487 e. The fourth-order valence-electron chi connectivity index (χ4n) is 1.60. The Balaban J connectivity index is 2.51. The molecule has 0 amide bonds. The molecule has 0 aliphatic heterocycles. The third-order valence-electron chi connectivity index (χ3n) is 3.35. The maximum absolute atomic E-state index is 6.08. The van der Waals surface area contributed by atoms with E-state index in [0.717, 1.165) is 23.9 Å². The molecule has 0 bridgehead atoms. The Morgan fingerprint density at radius 1 is 1.05 bits per heavy atom. The molecule has 1 unspecified atom stereocenters. The summed E-state index contributed by atoms with van der Waals surface area (Å²) in [4.78, 5) is 0. The summed E-state index contributed by atoms with van der Waals surface area (Å²) < 4.78 is 12.0. The standard InChI is InChI=1S/C16H27O2P/c1-6-15(2,3)17-12-11-16(4,5)18-13-9-7-8-10-14(13)19/h7-10H,6,11-12,19H2,1-5H3. The number of ether oxygens (including phenoxy) is 2. The highest BCUT2D eigenvalue weighted by Crippen LogP contribution is 2.22. The third kappa shape index (κ3) is 5.93. The minimum absolute atomic E-state index is 0.0470. The highest BCUT2D eigenvalue weighted by molar-refractivity contribution is 7.27. The monoisotopic (exact) mass is 282 g/mol. The Morgan fingerprint density at radius 3 is 2.26 bits per heavy atom. The van der Waals surface area contributed by atoms with E-state index in [1.807, 2.05) is 24.3 Å². The predicted octanol–water partition coefficient (Wildman–Crippen LogP) is 3.94. The number of hydrogen-bond donors (Lipinski definition) is 0. The molecule has 108 valence electrons. The quantitative estimate of drug-likeness (QED) is 0.705. The van der Waals surface area contributed by atoms with Crippen LogP contribution < -0.4 is 10.0 Å². The van der Waals surface area contributed by atoms with Gasteiger partial charge in [-0.05, 0) is 40.2 Å². The van der Waals surface area contributed by atoms with E-state index in [2.05, 4.69) is 43.9 Å². The highest BCUT2D eigenvalue weighted by atomic mass is 31.0. The fourth-order valence-corrected chi connectivity index (χ4v) is 1.86. The van der Waals surface area contributed by atoms with Crippen LogP contribution in [0.2, 0.25) is 0 Å². The van der Waals surface area contributed by atoms with Gasteiger partial charge in [-0.1, -0.05) is 25.1 Å². The minimum atomic E-state index is -0.226. The molecule has 0 aliphatic rings. The first-order valence-corrected chi connectivity index (χ1v) is 7.51. The maximum Gasteiger partial charge on any atom is 0.127 e. The molecule has 0 saturated heterocycles. The Bertz CT molecular complexity index is 399. The molecule has 1 rings (SSSR count). The predicted molar refractivity (Wildman–Crippen MR) is 85.4 cm³/mol. The second kappa shape index (κ2) is 6.72. The van der Waals surface area contributed by atoms with Gasteiger partial charge in [0.15, 0.2) is 0 Å². The molecule has 1 atom stereocenters. The van der Waals surface area contributed by atoms with Gasteiger partial charge in [0.05, 0.1) is 12.2 Å². The summed E-state index contributed by atoms with van der Waals surface area (Å²) in [5.41, 5.74) is -0.273. The number of benzene rings is 1. The van der Waals surface area contributed by atoms with Crippen LogP contribution in [0.5, 0.6) is 5.75 Å². The van der Waals surface area contributed by atoms with Gasteiger partial charge < -0.3 is 9.47 Å². The van der Waals surface area contributed by atoms with Gasteiger partial charge in [0, 0.05) is 11.7 Å². The fraction of sp³-hybridized carbons (Fsp3) is 0.625. The molecule has 0 heterocycles. The lowest BCUT2D eigenvalue weighted by atomic mass is 10.0. The molecule has 0 N–H and O–H groups in total. The molecule has 2 nitrogen and oxygen atoms in total. The summed E-state index contributed by atoms with van der Waals surface area (Å²) in [5.74, 6) is 0.923. The SMILES string of the molecule is CCC(C)(C)OCCC(C)(C)Oc1ccccc1P. The van der Waals surface area contributed by atoms with E-state index in [1.165, 1.54) is 0 Å². The van der Waals surface area contributed by atoms with Crippen molar-refractivity contribution in [3.63, 3.8) is 0 Å². The third-order valence-corrected chi connectivity index (χ3v) is 3.83. The van der Waals surface area contributed by atoms with Gasteiger partial charge in [-0.25, -0.2) is 0 Å². The molecule has 0 aliphatic carbocycles. The van der Waals surface area contributed by atoms with Crippen LogP contribution in [0.15, 0.2) is 24.3 Å². The number of rotatable bonds is 7. The lowest BCUT2D eigenvalue weighted by Gasteiger charge is -2.30. The van der Waals surface area contributed by atoms with Crippen LogP contribution in [0.3, 0.4) is 0 Å². The van der Waals surface area contributed by atoms with Crippen LogP contribution >= 0.6 is 9.24 Å². The van der Waals surface area contributed by atoms with Crippen LogP contribution in [0.1, 0.15) is 47.5 Å². The lowest BCUT2D eigenvalue weighted by molar-refractivity contribution is -0.0421. The average molecular weight is 282 g/mol. The Morgan fingerprint density at radius 2 is 1.68 bits per heavy atom. The van der Waals surface area contributed by atoms with Crippen molar-refractivity contribution in [2.45, 2.75) is 58.7 Å². The van der Waals surface area contributed by atoms with Crippen LogP contribution in [0.25, 0.3) is 0 Å². The van der Waals surface area contributed by atoms with Crippen LogP contribution in [-0.2, 0) is 4.74 Å². The zero-order valence-electron chi connectivity index (χ0n) is 12.8. The van der Waals surface area contributed by atoms with E-state index < -0.39 is 0 Å². The Hall–Kier alpha value is -0.590. The van der Waals surface area contributed by atoms with Crippen LogP contribution in [0, 0.1) is 0 Å². The molecule has 0 spiro atoms. The molecular weight excluding hydrogens is 255 g/mol. The van der Waals surface area contributed by atoms with Crippen LogP contribution in [-0.4, -0.2) is 17.8 Å². The van der Waals surface area contributed by atoms with Crippen molar-refractivity contribution < 1.29 is 9.47 Å². The first-order valence-electron chi connectivity index (χ1n) is 6.93. The molecule has 0 fully saturated rings. The topological polar surface area (TPSA) is 18.5 Å². The zero-order chi connectivity index (χ0) is 14.5. The van der Waals surface area contributed by atoms with Crippen molar-refractivity contribution in [1.82, 2.24) is 0 Å². The molecule has 19 heavy (non-hydrogen) atoms. The van der Waals surface area contributed by atoms with Gasteiger partial charge in [0.2, 0.25) is 0 Å². The van der Waals surface area contributed by atoms with Crippen LogP contribution in [0.4, 0.5) is 0 Å². The van der Waals surface area contributed by atoms with Crippen molar-refractivity contribution in [1.29, 1.82) is 0 Å². The molecule has 0 radical (unpaired) electrons. The van der Waals surface area contributed by atoms with E-state index in [-0.39, 0.29) is 11.2 Å². The number of hydrogen-bond acceptors (Lipinski definition) is 2. The first kappa shape index (κ1) is 16.5. The van der Waals surface area contributed by atoms with E-state index in [4.69, 9.17) is 9.47 Å². The van der Waals surface area contributed by atoms with Gasteiger partial charge >= 0.3 is 0 Å². The molecular formula is C16H27O2P. The van der Waals surface area contributed by atoms with Gasteiger partial charge in [0.1, 0.15) is 11.4 Å². The second-order valence-electron chi connectivity index (χ2n) is 6.11. The zero-order valence-corrected chi connectivity index (χ0v) is 14.0. The summed E-state index contributed by atoms with van der Waals surface area (Å²) in [6.07, 6.45) is 1.89. The van der Waals surface area contributed by atoms with E-state index in [0.29, 0.717) is 6.61 Å². The normalized spacial score (nSPS) is 12.5. The van der Waals surface area contributed by atoms with E-state index in [9.17, 15) is 0 Å². The van der Waals surface area contributed by atoms with Crippen molar-refractivity contribution in [3.05, 3.63) is 24.3 Å². The summed E-state index contributed by atoms with van der Waals surface area (Å²) in [6, 6.07) is 8.04. The summed E-state index contributed by atoms with van der Waals surface area (Å²) in [7, 11) is 2.71. The smallest absolute Gasteiger partial charge is 0.127 e. The van der Waals surface area contributed by atoms with Gasteiger partial charge in [-0.15, -0.1) is 9.24 Å².